The monoisotopic (exact) mass is 480 g/mol. The van der Waals surface area contributed by atoms with Crippen molar-refractivity contribution in [1.29, 1.82) is 0 Å². The maximum Gasteiger partial charge on any atom is 0.267 e. The molecule has 9 heteroatoms. The number of para-hydroxylation sites is 3. The van der Waals surface area contributed by atoms with Crippen LogP contribution in [0.5, 0.6) is 17.2 Å². The van der Waals surface area contributed by atoms with Crippen molar-refractivity contribution in [1.82, 2.24) is 4.31 Å². The number of aryl methyl sites for hydroxylation is 1. The Morgan fingerprint density at radius 3 is 2.41 bits per heavy atom. The summed E-state index contributed by atoms with van der Waals surface area (Å²) in [5.41, 5.74) is 0.969. The standard InChI is InChI=1S/C25H24N2O6S/c1-17-16-19(12-14-22(17)32-2)34(30,31)27-21(13-15-24(27)28)25(29)26-20-10-6-7-11-23(20)33-18-8-4-3-5-9-18/h3-12,14,16,21H,13,15H2,1-2H3,(H,26,29)/t21-/m1/s1. The average Bonchev–Trinajstić information content (AvgIpc) is 3.23. The maximum absolute atomic E-state index is 13.3. The zero-order chi connectivity index (χ0) is 24.3. The van der Waals surface area contributed by atoms with Crippen LogP contribution in [0.2, 0.25) is 0 Å². The van der Waals surface area contributed by atoms with E-state index in [4.69, 9.17) is 9.47 Å². The number of nitrogens with zero attached hydrogens (tertiary/aromatic N) is 1. The van der Waals surface area contributed by atoms with Gasteiger partial charge in [-0.15, -0.1) is 0 Å². The van der Waals surface area contributed by atoms with Gasteiger partial charge in [0.1, 0.15) is 17.5 Å². The number of methoxy groups -OCH3 is 1. The van der Waals surface area contributed by atoms with Crippen molar-refractivity contribution in [2.75, 3.05) is 12.4 Å². The molecule has 0 radical (unpaired) electrons. The van der Waals surface area contributed by atoms with Gasteiger partial charge in [-0.05, 0) is 61.4 Å². The Kier molecular flexibility index (Phi) is 6.56. The summed E-state index contributed by atoms with van der Waals surface area (Å²) in [6, 6.07) is 19.0. The molecule has 1 aliphatic heterocycles. The molecule has 0 unspecified atom stereocenters. The van der Waals surface area contributed by atoms with E-state index < -0.39 is 27.9 Å². The zero-order valence-electron chi connectivity index (χ0n) is 18.7. The Hall–Kier alpha value is -3.85. The predicted octanol–water partition coefficient (Wildman–Crippen LogP) is 4.11. The van der Waals surface area contributed by atoms with Crippen LogP contribution in [0.1, 0.15) is 18.4 Å². The molecular weight excluding hydrogens is 456 g/mol. The molecule has 1 fully saturated rings. The summed E-state index contributed by atoms with van der Waals surface area (Å²) < 4.78 is 38.4. The molecule has 1 heterocycles. The van der Waals surface area contributed by atoms with Crippen molar-refractivity contribution >= 4 is 27.5 Å². The number of carbonyl (C=O) groups is 2. The third kappa shape index (κ3) is 4.60. The summed E-state index contributed by atoms with van der Waals surface area (Å²) in [5, 5.41) is 2.73. The van der Waals surface area contributed by atoms with E-state index in [1.165, 1.54) is 25.3 Å². The van der Waals surface area contributed by atoms with Crippen molar-refractivity contribution in [2.45, 2.75) is 30.7 Å². The number of anilines is 1. The quantitative estimate of drug-likeness (QED) is 0.546. The lowest BCUT2D eigenvalue weighted by molar-refractivity contribution is -0.128. The van der Waals surface area contributed by atoms with E-state index in [2.05, 4.69) is 5.32 Å². The van der Waals surface area contributed by atoms with Crippen LogP contribution in [-0.2, 0) is 19.6 Å². The molecule has 176 valence electrons. The minimum Gasteiger partial charge on any atom is -0.496 e. The van der Waals surface area contributed by atoms with Crippen molar-refractivity contribution in [3.63, 3.8) is 0 Å². The highest BCUT2D eigenvalue weighted by atomic mass is 32.2. The minimum absolute atomic E-state index is 0.0470. The van der Waals surface area contributed by atoms with Gasteiger partial charge in [0.2, 0.25) is 11.8 Å². The number of rotatable bonds is 7. The second-order valence-electron chi connectivity index (χ2n) is 7.78. The predicted molar refractivity (Wildman–Crippen MR) is 126 cm³/mol. The highest BCUT2D eigenvalue weighted by Gasteiger charge is 2.44. The lowest BCUT2D eigenvalue weighted by atomic mass is 10.2. The molecule has 0 aromatic heterocycles. The summed E-state index contributed by atoms with van der Waals surface area (Å²) in [6.07, 6.45) is 0.0371. The lowest BCUT2D eigenvalue weighted by Crippen LogP contribution is -2.45. The molecule has 34 heavy (non-hydrogen) atoms. The first-order valence-electron chi connectivity index (χ1n) is 10.7. The number of amides is 2. The zero-order valence-corrected chi connectivity index (χ0v) is 19.5. The molecular formula is C25H24N2O6S. The first kappa shape index (κ1) is 23.3. The highest BCUT2D eigenvalue weighted by molar-refractivity contribution is 7.89. The van der Waals surface area contributed by atoms with Crippen molar-refractivity contribution in [3.05, 3.63) is 78.4 Å². The van der Waals surface area contributed by atoms with Crippen LogP contribution < -0.4 is 14.8 Å². The van der Waals surface area contributed by atoms with Crippen LogP contribution in [0.15, 0.2) is 77.7 Å². The normalized spacial score (nSPS) is 15.8. The summed E-state index contributed by atoms with van der Waals surface area (Å²) in [7, 11) is -2.76. The van der Waals surface area contributed by atoms with Crippen molar-refractivity contribution in [2.24, 2.45) is 0 Å². The molecule has 3 aromatic rings. The van der Waals surface area contributed by atoms with E-state index in [9.17, 15) is 18.0 Å². The van der Waals surface area contributed by atoms with Crippen LogP contribution in [0.25, 0.3) is 0 Å². The van der Waals surface area contributed by atoms with Crippen molar-refractivity contribution < 1.29 is 27.5 Å². The van der Waals surface area contributed by atoms with Gasteiger partial charge in [-0.2, -0.15) is 0 Å². The van der Waals surface area contributed by atoms with E-state index >= 15 is 0 Å². The smallest absolute Gasteiger partial charge is 0.267 e. The molecule has 8 nitrogen and oxygen atoms in total. The second-order valence-corrected chi connectivity index (χ2v) is 9.60. The molecule has 0 spiro atoms. The van der Waals surface area contributed by atoms with Gasteiger partial charge in [0, 0.05) is 6.42 Å². The molecule has 1 aliphatic rings. The molecule has 2 amide bonds. The summed E-state index contributed by atoms with van der Waals surface area (Å²) in [5.74, 6) is 0.271. The third-order valence-corrected chi connectivity index (χ3v) is 7.33. The van der Waals surface area contributed by atoms with Crippen molar-refractivity contribution in [3.8, 4) is 17.2 Å². The number of sulfonamides is 1. The number of hydrogen-bond acceptors (Lipinski definition) is 6. The summed E-state index contributed by atoms with van der Waals surface area (Å²) >= 11 is 0. The van der Waals surface area contributed by atoms with Crippen LogP contribution >= 0.6 is 0 Å². The van der Waals surface area contributed by atoms with E-state index in [0.29, 0.717) is 32.8 Å². The largest absolute Gasteiger partial charge is 0.496 e. The molecule has 1 atom stereocenters. The minimum atomic E-state index is -4.24. The van der Waals surface area contributed by atoms with E-state index in [1.807, 2.05) is 18.2 Å². The molecule has 0 bridgehead atoms. The number of ether oxygens (including phenoxy) is 2. The Morgan fingerprint density at radius 1 is 1.00 bits per heavy atom. The first-order valence-corrected chi connectivity index (χ1v) is 12.1. The molecule has 4 rings (SSSR count). The fourth-order valence-corrected chi connectivity index (χ4v) is 5.50. The van der Waals surface area contributed by atoms with Gasteiger partial charge in [0.25, 0.3) is 10.0 Å². The first-order chi connectivity index (χ1) is 16.3. The summed E-state index contributed by atoms with van der Waals surface area (Å²) in [4.78, 5) is 25.7. The van der Waals surface area contributed by atoms with Crippen LogP contribution in [0.3, 0.4) is 0 Å². The number of hydrogen-bond donors (Lipinski definition) is 1. The topological polar surface area (TPSA) is 102 Å². The molecule has 3 aromatic carbocycles. The van der Waals surface area contributed by atoms with Gasteiger partial charge in [-0.1, -0.05) is 30.3 Å². The van der Waals surface area contributed by atoms with Gasteiger partial charge in [-0.25, -0.2) is 12.7 Å². The van der Waals surface area contributed by atoms with Crippen LogP contribution in [-0.4, -0.2) is 37.7 Å². The van der Waals surface area contributed by atoms with Gasteiger partial charge in [-0.3, -0.25) is 9.59 Å². The Balaban J connectivity index is 1.59. The van der Waals surface area contributed by atoms with Gasteiger partial charge in [0.05, 0.1) is 17.7 Å². The Bertz CT molecular complexity index is 1320. The molecule has 1 N–H and O–H groups in total. The number of carbonyl (C=O) groups excluding carboxylic acids is 2. The highest BCUT2D eigenvalue weighted by Crippen LogP contribution is 2.33. The van der Waals surface area contributed by atoms with Gasteiger partial charge >= 0.3 is 0 Å². The summed E-state index contributed by atoms with van der Waals surface area (Å²) in [6.45, 7) is 1.71. The lowest BCUT2D eigenvalue weighted by Gasteiger charge is -2.24. The molecule has 0 aliphatic carbocycles. The molecule has 0 saturated carbocycles. The van der Waals surface area contributed by atoms with E-state index in [0.717, 1.165) is 0 Å². The average molecular weight is 481 g/mol. The Labute approximate surface area is 198 Å². The fraction of sp³-hybridized carbons (Fsp3) is 0.200. The van der Waals surface area contributed by atoms with Crippen LogP contribution in [0.4, 0.5) is 5.69 Å². The third-order valence-electron chi connectivity index (χ3n) is 5.50. The molecule has 1 saturated heterocycles. The fourth-order valence-electron chi connectivity index (χ4n) is 3.82. The van der Waals surface area contributed by atoms with Gasteiger partial charge in [0.15, 0.2) is 5.75 Å². The van der Waals surface area contributed by atoms with Gasteiger partial charge < -0.3 is 14.8 Å². The number of benzene rings is 3. The van der Waals surface area contributed by atoms with Crippen LogP contribution in [0, 0.1) is 6.92 Å². The second kappa shape index (κ2) is 9.56. The maximum atomic E-state index is 13.3. The van der Waals surface area contributed by atoms with E-state index in [-0.39, 0.29) is 17.7 Å². The SMILES string of the molecule is COc1ccc(S(=O)(=O)N2C(=O)CC[C@@H]2C(=O)Nc2ccccc2Oc2ccccc2)cc1C. The number of nitrogens with one attached hydrogen (secondary N) is 1. The Morgan fingerprint density at radius 2 is 1.71 bits per heavy atom. The van der Waals surface area contributed by atoms with E-state index in [1.54, 1.807) is 43.3 Å².